The van der Waals surface area contributed by atoms with Crippen molar-refractivity contribution in [3.63, 3.8) is 0 Å². The third kappa shape index (κ3) is 6.12. The standard InChI is InChI=1S/C30H26F2N6O2S2/c1-30(2)13-23-26(24(39)14-30)19(10-8-17-6-4-3-5-7-17)20(15-33)27(34)38(23)28-36-37-29(42-28)41-16-25(40)35-22-11-9-18(31)12-21(22)32/h3-12,19H,13-14,16,34H2,1-2H3,(H,35,40)/b10-8+. The van der Waals surface area contributed by atoms with Crippen molar-refractivity contribution in [3.8, 4) is 6.07 Å². The van der Waals surface area contributed by atoms with Crippen molar-refractivity contribution in [1.82, 2.24) is 10.2 Å². The van der Waals surface area contributed by atoms with Gasteiger partial charge < -0.3 is 11.1 Å². The third-order valence-corrected chi connectivity index (χ3v) is 8.87. The average molecular weight is 605 g/mol. The zero-order chi connectivity index (χ0) is 30.0. The maximum Gasteiger partial charge on any atom is 0.234 e. The molecule has 3 N–H and O–H groups in total. The number of hydrogen-bond donors (Lipinski definition) is 2. The first-order chi connectivity index (χ1) is 20.1. The smallest absolute Gasteiger partial charge is 0.234 e. The lowest BCUT2D eigenvalue weighted by Crippen LogP contribution is -2.42. The van der Waals surface area contributed by atoms with Crippen LogP contribution in [0, 0.1) is 34.3 Å². The number of carbonyl (C=O) groups excluding carboxylic acids is 2. The van der Waals surface area contributed by atoms with Gasteiger partial charge in [-0.15, -0.1) is 10.2 Å². The summed E-state index contributed by atoms with van der Waals surface area (Å²) in [5.74, 6) is -2.73. The van der Waals surface area contributed by atoms with Gasteiger partial charge in [-0.2, -0.15) is 5.26 Å². The van der Waals surface area contributed by atoms with Crippen LogP contribution in [0.25, 0.3) is 6.08 Å². The Morgan fingerprint density at radius 2 is 2.00 bits per heavy atom. The molecule has 0 fully saturated rings. The number of amides is 1. The van der Waals surface area contributed by atoms with E-state index in [2.05, 4.69) is 21.6 Å². The van der Waals surface area contributed by atoms with Gasteiger partial charge >= 0.3 is 0 Å². The fourth-order valence-corrected chi connectivity index (χ4v) is 6.67. The first kappa shape index (κ1) is 29.2. The number of allylic oxidation sites excluding steroid dienone is 4. The van der Waals surface area contributed by atoms with E-state index >= 15 is 0 Å². The molecule has 0 saturated heterocycles. The van der Waals surface area contributed by atoms with E-state index in [1.165, 1.54) is 0 Å². The molecule has 0 bridgehead atoms. The zero-order valence-electron chi connectivity index (χ0n) is 22.7. The number of anilines is 2. The molecule has 0 radical (unpaired) electrons. The highest BCUT2D eigenvalue weighted by atomic mass is 32.2. The number of benzene rings is 2. The minimum absolute atomic E-state index is 0.0574. The summed E-state index contributed by atoms with van der Waals surface area (Å²) < 4.78 is 27.5. The molecule has 0 saturated carbocycles. The van der Waals surface area contributed by atoms with E-state index in [0.717, 1.165) is 40.8 Å². The fourth-order valence-electron chi connectivity index (χ4n) is 4.99. The number of halogens is 2. The molecule has 1 aliphatic heterocycles. The molecule has 2 aromatic carbocycles. The molecule has 42 heavy (non-hydrogen) atoms. The van der Waals surface area contributed by atoms with Crippen molar-refractivity contribution in [2.45, 2.75) is 31.0 Å². The molecule has 1 unspecified atom stereocenters. The van der Waals surface area contributed by atoms with E-state index in [4.69, 9.17) is 5.73 Å². The van der Waals surface area contributed by atoms with Gasteiger partial charge in [-0.3, -0.25) is 14.5 Å². The van der Waals surface area contributed by atoms with Gasteiger partial charge in [0.15, 0.2) is 10.1 Å². The van der Waals surface area contributed by atoms with Crippen molar-refractivity contribution >= 4 is 51.7 Å². The van der Waals surface area contributed by atoms with Gasteiger partial charge in [-0.25, -0.2) is 8.78 Å². The minimum Gasteiger partial charge on any atom is -0.384 e. The summed E-state index contributed by atoms with van der Waals surface area (Å²) in [6.45, 7) is 4.01. The molecular formula is C30H26F2N6O2S2. The summed E-state index contributed by atoms with van der Waals surface area (Å²) in [5, 5.41) is 21.4. The molecule has 1 atom stereocenters. The number of rotatable bonds is 7. The quantitative estimate of drug-likeness (QED) is 0.313. The van der Waals surface area contributed by atoms with Gasteiger partial charge in [0.25, 0.3) is 0 Å². The molecule has 2 heterocycles. The Kier molecular flexibility index (Phi) is 8.24. The first-order valence-electron chi connectivity index (χ1n) is 13.0. The summed E-state index contributed by atoms with van der Waals surface area (Å²) in [7, 11) is 0. The maximum absolute atomic E-state index is 13.9. The number of Topliss-reactive ketones (excluding diaryl/α,β-unsaturated/α-hetero) is 1. The molecule has 1 amide bonds. The van der Waals surface area contributed by atoms with Crippen molar-refractivity contribution in [2.24, 2.45) is 17.1 Å². The molecule has 3 aromatic rings. The van der Waals surface area contributed by atoms with Crippen LogP contribution < -0.4 is 16.0 Å². The Bertz CT molecular complexity index is 1690. The van der Waals surface area contributed by atoms with Crippen LogP contribution in [0.1, 0.15) is 32.3 Å². The minimum atomic E-state index is -0.877. The number of nitriles is 1. The fraction of sp³-hybridized carbons (Fsp3) is 0.233. The Morgan fingerprint density at radius 3 is 2.71 bits per heavy atom. The highest BCUT2D eigenvalue weighted by Gasteiger charge is 2.44. The Morgan fingerprint density at radius 1 is 1.24 bits per heavy atom. The molecule has 1 aromatic heterocycles. The first-order valence-corrected chi connectivity index (χ1v) is 14.8. The highest BCUT2D eigenvalue weighted by Crippen LogP contribution is 2.48. The molecule has 0 spiro atoms. The van der Waals surface area contributed by atoms with Gasteiger partial charge in [0.05, 0.1) is 23.1 Å². The second-order valence-electron chi connectivity index (χ2n) is 10.6. The predicted octanol–water partition coefficient (Wildman–Crippen LogP) is 6.03. The number of aromatic nitrogens is 2. The zero-order valence-corrected chi connectivity index (χ0v) is 24.4. The Labute approximate surface area is 249 Å². The van der Waals surface area contributed by atoms with Crippen molar-refractivity contribution in [1.29, 1.82) is 5.26 Å². The SMILES string of the molecule is CC1(C)CC(=O)C2=C(C1)N(c1nnc(SCC(=O)Nc3ccc(F)cc3F)s1)C(N)=C(C#N)C2/C=C/c1ccccc1. The number of nitrogens with one attached hydrogen (secondary N) is 1. The van der Waals surface area contributed by atoms with Crippen molar-refractivity contribution in [2.75, 3.05) is 16.0 Å². The topological polar surface area (TPSA) is 125 Å². The largest absolute Gasteiger partial charge is 0.384 e. The highest BCUT2D eigenvalue weighted by molar-refractivity contribution is 8.01. The summed E-state index contributed by atoms with van der Waals surface area (Å²) in [5.41, 5.74) is 8.49. The van der Waals surface area contributed by atoms with Gasteiger partial charge in [0, 0.05) is 29.7 Å². The lowest BCUT2D eigenvalue weighted by Gasteiger charge is -2.41. The van der Waals surface area contributed by atoms with Crippen LogP contribution in [-0.2, 0) is 9.59 Å². The van der Waals surface area contributed by atoms with Gasteiger partial charge in [0.1, 0.15) is 17.5 Å². The predicted molar refractivity (Wildman–Crippen MR) is 159 cm³/mol. The Hall–Kier alpha value is -4.34. The number of nitrogens with zero attached hydrogens (tertiary/aromatic N) is 4. The molecule has 214 valence electrons. The van der Waals surface area contributed by atoms with Gasteiger partial charge in [-0.05, 0) is 29.5 Å². The molecule has 1 aliphatic carbocycles. The molecule has 8 nitrogen and oxygen atoms in total. The number of nitrogens with two attached hydrogens (primary N) is 1. The second-order valence-corrected chi connectivity index (χ2v) is 12.8. The molecule has 12 heteroatoms. The number of thioether (sulfide) groups is 1. The maximum atomic E-state index is 13.9. The molecular weight excluding hydrogens is 579 g/mol. The summed E-state index contributed by atoms with van der Waals surface area (Å²) in [6.07, 6.45) is 4.57. The number of hydrogen-bond acceptors (Lipinski definition) is 9. The van der Waals surface area contributed by atoms with E-state index in [0.29, 0.717) is 39.6 Å². The van der Waals surface area contributed by atoms with E-state index in [1.807, 2.05) is 56.3 Å². The van der Waals surface area contributed by atoms with Crippen molar-refractivity contribution < 1.29 is 18.4 Å². The summed E-state index contributed by atoms with van der Waals surface area (Å²) in [6, 6.07) is 14.7. The van der Waals surface area contributed by atoms with Crippen LogP contribution in [0.15, 0.2) is 81.6 Å². The lowest BCUT2D eigenvalue weighted by atomic mass is 9.70. The van der Waals surface area contributed by atoms with Gasteiger partial charge in [0.2, 0.25) is 11.0 Å². The Balaban J connectivity index is 1.43. The third-order valence-electron chi connectivity index (χ3n) is 6.83. The van der Waals surface area contributed by atoms with Crippen LogP contribution >= 0.6 is 23.1 Å². The van der Waals surface area contributed by atoms with Crippen LogP contribution in [0.2, 0.25) is 0 Å². The second kappa shape index (κ2) is 11.9. The van der Waals surface area contributed by atoms with E-state index in [9.17, 15) is 23.6 Å². The summed E-state index contributed by atoms with van der Waals surface area (Å²) in [4.78, 5) is 27.6. The van der Waals surface area contributed by atoms with Crippen LogP contribution in [-0.4, -0.2) is 27.6 Å². The normalized spacial score (nSPS) is 18.3. The van der Waals surface area contributed by atoms with Crippen LogP contribution in [0.4, 0.5) is 19.6 Å². The van der Waals surface area contributed by atoms with E-state index < -0.39 is 23.5 Å². The van der Waals surface area contributed by atoms with Crippen LogP contribution in [0.3, 0.4) is 0 Å². The number of carbonyl (C=O) groups is 2. The van der Waals surface area contributed by atoms with Gasteiger partial charge in [-0.1, -0.05) is 79.4 Å². The average Bonchev–Trinajstić information content (AvgIpc) is 3.40. The lowest BCUT2D eigenvalue weighted by molar-refractivity contribution is -0.118. The summed E-state index contributed by atoms with van der Waals surface area (Å²) >= 11 is 2.23. The monoisotopic (exact) mass is 604 g/mol. The van der Waals surface area contributed by atoms with E-state index in [-0.39, 0.29) is 34.0 Å². The van der Waals surface area contributed by atoms with Crippen molar-refractivity contribution in [3.05, 3.63) is 94.5 Å². The molecule has 5 rings (SSSR count). The van der Waals surface area contributed by atoms with E-state index in [1.54, 1.807) is 4.90 Å². The number of ketones is 1. The molecule has 2 aliphatic rings. The van der Waals surface area contributed by atoms with Crippen LogP contribution in [0.5, 0.6) is 0 Å².